The lowest BCUT2D eigenvalue weighted by molar-refractivity contribution is 0.372. The van der Waals surface area contributed by atoms with Crippen molar-refractivity contribution in [3.8, 4) is 0 Å². The van der Waals surface area contributed by atoms with E-state index in [1.807, 2.05) is 18.2 Å². The minimum atomic E-state index is 1.02. The maximum Gasteiger partial charge on any atom is 0.104 e. The summed E-state index contributed by atoms with van der Waals surface area (Å²) < 4.78 is 8.99. The van der Waals surface area contributed by atoms with Crippen LogP contribution in [0.25, 0.3) is 5.57 Å². The summed E-state index contributed by atoms with van der Waals surface area (Å²) in [7, 11) is 2.17. The Morgan fingerprint density at radius 1 is 1.08 bits per heavy atom. The van der Waals surface area contributed by atoms with Crippen LogP contribution in [-0.4, -0.2) is 38.8 Å². The summed E-state index contributed by atoms with van der Waals surface area (Å²) in [6.07, 6.45) is 13.2. The highest BCUT2D eigenvalue weighted by Gasteiger charge is 2.16. The summed E-state index contributed by atoms with van der Waals surface area (Å²) in [6.45, 7) is 4.43. The van der Waals surface area contributed by atoms with Crippen molar-refractivity contribution in [3.63, 3.8) is 0 Å². The highest BCUT2D eigenvalue weighted by Crippen LogP contribution is 2.23. The molecule has 24 heavy (non-hydrogen) atoms. The smallest absolute Gasteiger partial charge is 0.104 e. The minimum Gasteiger partial charge on any atom is -0.302 e. The van der Waals surface area contributed by atoms with Crippen LogP contribution < -0.4 is 0 Å². The van der Waals surface area contributed by atoms with Crippen LogP contribution in [0.15, 0.2) is 36.7 Å². The first-order valence-electron chi connectivity index (χ1n) is 8.85. The molecule has 0 amide bonds. The van der Waals surface area contributed by atoms with Gasteiger partial charge in [-0.2, -0.15) is 8.75 Å². The quantitative estimate of drug-likeness (QED) is 0.726. The first-order chi connectivity index (χ1) is 11.8. The van der Waals surface area contributed by atoms with Gasteiger partial charge in [0, 0.05) is 25.5 Å². The Labute approximate surface area is 150 Å². The van der Waals surface area contributed by atoms with Crippen LogP contribution in [0.1, 0.15) is 50.4 Å². The number of aryl methyl sites for hydroxylation is 1. The second kappa shape index (κ2) is 11.0. The number of pyridine rings is 1. The SMILES string of the molecule is CCCCCCc1nsnc1C1=CCCN(C)C1.c1ccncc1. The van der Waals surface area contributed by atoms with Gasteiger partial charge < -0.3 is 4.90 Å². The number of nitrogens with zero attached hydrogens (tertiary/aromatic N) is 4. The van der Waals surface area contributed by atoms with Crippen molar-refractivity contribution >= 4 is 17.3 Å². The first-order valence-corrected chi connectivity index (χ1v) is 9.58. The van der Waals surface area contributed by atoms with Crippen LogP contribution in [-0.2, 0) is 6.42 Å². The van der Waals surface area contributed by atoms with E-state index in [1.165, 1.54) is 54.4 Å². The average Bonchev–Trinajstić information content (AvgIpc) is 3.09. The van der Waals surface area contributed by atoms with Crippen LogP contribution in [0.3, 0.4) is 0 Å². The Kier molecular flexibility index (Phi) is 8.63. The number of unbranched alkanes of at least 4 members (excludes halogenated alkanes) is 3. The van der Waals surface area contributed by atoms with E-state index in [0.717, 1.165) is 25.9 Å². The lowest BCUT2D eigenvalue weighted by atomic mass is 10.0. The van der Waals surface area contributed by atoms with Crippen LogP contribution in [0.5, 0.6) is 0 Å². The lowest BCUT2D eigenvalue weighted by Gasteiger charge is -2.22. The van der Waals surface area contributed by atoms with E-state index in [0.29, 0.717) is 0 Å². The Morgan fingerprint density at radius 2 is 1.92 bits per heavy atom. The average molecular weight is 345 g/mol. The van der Waals surface area contributed by atoms with E-state index in [2.05, 4.69) is 38.7 Å². The predicted molar refractivity (Wildman–Crippen MR) is 102 cm³/mol. The third-order valence-electron chi connectivity index (χ3n) is 4.04. The molecule has 2 aromatic rings. The molecule has 0 unspecified atom stereocenters. The molecule has 130 valence electrons. The van der Waals surface area contributed by atoms with E-state index in [1.54, 1.807) is 12.4 Å². The molecule has 0 spiro atoms. The van der Waals surface area contributed by atoms with Crippen molar-refractivity contribution in [3.05, 3.63) is 48.1 Å². The van der Waals surface area contributed by atoms with Crippen LogP contribution in [0.2, 0.25) is 0 Å². The molecule has 3 rings (SSSR count). The topological polar surface area (TPSA) is 41.9 Å². The predicted octanol–water partition coefficient (Wildman–Crippen LogP) is 4.46. The number of aromatic nitrogens is 3. The number of rotatable bonds is 6. The molecule has 3 heterocycles. The molecular formula is C19H28N4S. The van der Waals surface area contributed by atoms with Gasteiger partial charge in [-0.25, -0.2) is 0 Å². The maximum atomic E-state index is 4.51. The molecule has 0 aliphatic carbocycles. The molecule has 1 aliphatic rings. The fraction of sp³-hybridized carbons (Fsp3) is 0.526. The van der Waals surface area contributed by atoms with Gasteiger partial charge in [-0.1, -0.05) is 38.3 Å². The highest BCUT2D eigenvalue weighted by atomic mass is 32.1. The molecule has 1 aliphatic heterocycles. The van der Waals surface area contributed by atoms with E-state index in [-0.39, 0.29) is 0 Å². The summed E-state index contributed by atoms with van der Waals surface area (Å²) >= 11 is 1.37. The van der Waals surface area contributed by atoms with E-state index in [9.17, 15) is 0 Å². The first kappa shape index (κ1) is 18.7. The molecule has 0 saturated carbocycles. The molecule has 0 saturated heterocycles. The summed E-state index contributed by atoms with van der Waals surface area (Å²) in [5.74, 6) is 0. The molecular weight excluding hydrogens is 316 g/mol. The summed E-state index contributed by atoms with van der Waals surface area (Å²) in [5.41, 5.74) is 3.77. The van der Waals surface area contributed by atoms with Gasteiger partial charge in [-0.05, 0) is 44.0 Å². The molecule has 0 radical (unpaired) electrons. The van der Waals surface area contributed by atoms with E-state index >= 15 is 0 Å². The van der Waals surface area contributed by atoms with Crippen LogP contribution in [0, 0.1) is 0 Å². The molecule has 0 bridgehead atoms. The largest absolute Gasteiger partial charge is 0.302 e. The third kappa shape index (κ3) is 6.49. The standard InChI is InChI=1S/C14H23N3S.C5H5N/c1-3-4-5-6-9-13-14(16-18-15-13)12-8-7-10-17(2)11-12;1-2-4-6-5-3-1/h8H,3-7,9-11H2,1-2H3;1-5H. The molecule has 2 aromatic heterocycles. The number of hydrogen-bond acceptors (Lipinski definition) is 5. The van der Waals surface area contributed by atoms with Gasteiger partial charge in [0.05, 0.1) is 17.4 Å². The fourth-order valence-corrected chi connectivity index (χ4v) is 3.33. The normalized spacial score (nSPS) is 14.7. The molecule has 5 heteroatoms. The second-order valence-electron chi connectivity index (χ2n) is 6.15. The van der Waals surface area contributed by atoms with Gasteiger partial charge in [0.1, 0.15) is 5.69 Å². The monoisotopic (exact) mass is 344 g/mol. The van der Waals surface area contributed by atoms with Crippen molar-refractivity contribution in [2.45, 2.75) is 45.4 Å². The van der Waals surface area contributed by atoms with Gasteiger partial charge in [-0.3, -0.25) is 4.98 Å². The zero-order valence-corrected chi connectivity index (χ0v) is 15.6. The van der Waals surface area contributed by atoms with Crippen molar-refractivity contribution in [2.24, 2.45) is 0 Å². The van der Waals surface area contributed by atoms with Crippen LogP contribution in [0.4, 0.5) is 0 Å². The maximum absolute atomic E-state index is 4.51. The van der Waals surface area contributed by atoms with Gasteiger partial charge in [0.25, 0.3) is 0 Å². The van der Waals surface area contributed by atoms with Crippen molar-refractivity contribution in [2.75, 3.05) is 20.1 Å². The van der Waals surface area contributed by atoms with E-state index < -0.39 is 0 Å². The Balaban J connectivity index is 0.000000292. The van der Waals surface area contributed by atoms with Gasteiger partial charge >= 0.3 is 0 Å². The Bertz CT molecular complexity index is 568. The lowest BCUT2D eigenvalue weighted by Crippen LogP contribution is -2.25. The van der Waals surface area contributed by atoms with Gasteiger partial charge in [-0.15, -0.1) is 0 Å². The van der Waals surface area contributed by atoms with Gasteiger partial charge in [0.2, 0.25) is 0 Å². The molecule has 0 N–H and O–H groups in total. The summed E-state index contributed by atoms with van der Waals surface area (Å²) in [4.78, 5) is 6.14. The zero-order chi connectivity index (χ0) is 17.0. The van der Waals surface area contributed by atoms with Crippen LogP contribution >= 0.6 is 11.7 Å². The highest BCUT2D eigenvalue weighted by molar-refractivity contribution is 6.99. The summed E-state index contributed by atoms with van der Waals surface area (Å²) in [6, 6.07) is 5.72. The molecule has 0 atom stereocenters. The summed E-state index contributed by atoms with van der Waals surface area (Å²) in [5, 5.41) is 0. The van der Waals surface area contributed by atoms with Gasteiger partial charge in [0.15, 0.2) is 0 Å². The minimum absolute atomic E-state index is 1.02. The second-order valence-corrected chi connectivity index (χ2v) is 6.68. The zero-order valence-electron chi connectivity index (χ0n) is 14.8. The molecule has 0 aromatic carbocycles. The Morgan fingerprint density at radius 3 is 2.54 bits per heavy atom. The number of likely N-dealkylation sites (N-methyl/N-ethyl adjacent to an activating group) is 1. The Hall–Kier alpha value is -1.59. The third-order valence-corrected chi connectivity index (χ3v) is 4.60. The fourth-order valence-electron chi connectivity index (χ4n) is 2.71. The molecule has 0 fully saturated rings. The van der Waals surface area contributed by atoms with Crippen molar-refractivity contribution in [1.82, 2.24) is 18.6 Å². The van der Waals surface area contributed by atoms with Crippen molar-refractivity contribution in [1.29, 1.82) is 0 Å². The van der Waals surface area contributed by atoms with E-state index in [4.69, 9.17) is 0 Å². The number of hydrogen-bond donors (Lipinski definition) is 0. The van der Waals surface area contributed by atoms with Crippen molar-refractivity contribution < 1.29 is 0 Å². The molecule has 4 nitrogen and oxygen atoms in total.